The summed E-state index contributed by atoms with van der Waals surface area (Å²) in [5.41, 5.74) is 1.52. The molecule has 2 saturated heterocycles. The van der Waals surface area contributed by atoms with Crippen molar-refractivity contribution in [1.29, 1.82) is 0 Å². The zero-order valence-electron chi connectivity index (χ0n) is 32.4. The molecule has 0 aliphatic carbocycles. The first-order valence-corrected chi connectivity index (χ1v) is 25.1. The Labute approximate surface area is 361 Å². The molecule has 2 fully saturated rings. The number of hydrogen-bond acceptors (Lipinski definition) is 14. The molecule has 2 unspecified atom stereocenters. The van der Waals surface area contributed by atoms with E-state index in [1.165, 1.54) is 23.0 Å². The first-order valence-electron chi connectivity index (χ1n) is 18.6. The van der Waals surface area contributed by atoms with Gasteiger partial charge in [-0.1, -0.05) is 51.3 Å². The first kappa shape index (κ1) is 47.2. The molecule has 4 rings (SSSR count). The third-order valence-electron chi connectivity index (χ3n) is 8.86. The monoisotopic (exact) mass is 896 g/mol. The van der Waals surface area contributed by atoms with Crippen molar-refractivity contribution in [1.82, 2.24) is 0 Å². The second-order valence-electron chi connectivity index (χ2n) is 13.8. The lowest BCUT2D eigenvalue weighted by atomic mass is 9.78. The lowest BCUT2D eigenvalue weighted by Crippen LogP contribution is -2.29. The predicted octanol–water partition coefficient (Wildman–Crippen LogP) is 8.51. The van der Waals surface area contributed by atoms with Gasteiger partial charge in [0.25, 0.3) is 0 Å². The maximum atomic E-state index is 12.6. The van der Waals surface area contributed by atoms with Crippen LogP contribution in [-0.2, 0) is 34.1 Å². The van der Waals surface area contributed by atoms with E-state index >= 15 is 0 Å². The van der Waals surface area contributed by atoms with Gasteiger partial charge in [-0.2, -0.15) is 23.5 Å². The highest BCUT2D eigenvalue weighted by atomic mass is 32.2. The maximum Gasteiger partial charge on any atom is 0.334 e. The van der Waals surface area contributed by atoms with Crippen molar-refractivity contribution < 1.29 is 48.3 Å². The summed E-state index contributed by atoms with van der Waals surface area (Å²) in [6.45, 7) is 11.6. The van der Waals surface area contributed by atoms with Gasteiger partial charge in [0.05, 0.1) is 22.0 Å². The molecule has 2 aliphatic rings. The molecule has 0 amide bonds. The van der Waals surface area contributed by atoms with Crippen LogP contribution in [0, 0.1) is 0 Å². The molecular formula is C41H52O10S6. The number of carbonyl (C=O) groups is 4. The normalized spacial score (nSPS) is 15.8. The second kappa shape index (κ2) is 24.6. The number of rotatable bonds is 26. The summed E-state index contributed by atoms with van der Waals surface area (Å²) in [4.78, 5) is 47.4. The fraction of sp³-hybridized carbons (Fsp3) is 0.512. The lowest BCUT2D eigenvalue weighted by molar-refractivity contribution is -0.147. The molecule has 2 atom stereocenters. The van der Waals surface area contributed by atoms with E-state index in [-0.39, 0.29) is 29.8 Å². The number of carbonyl (C=O) groups excluding carboxylic acids is 2. The van der Waals surface area contributed by atoms with Crippen molar-refractivity contribution in [3.8, 4) is 11.5 Å². The van der Waals surface area contributed by atoms with Gasteiger partial charge in [-0.3, -0.25) is 9.59 Å². The number of carboxylic acid groups (broad SMARTS) is 2. The quantitative estimate of drug-likeness (QED) is 0.0528. The van der Waals surface area contributed by atoms with Crippen LogP contribution in [-0.4, -0.2) is 115 Å². The Morgan fingerprint density at radius 2 is 1.02 bits per heavy atom. The van der Waals surface area contributed by atoms with Crippen LogP contribution >= 0.6 is 70.6 Å². The molecule has 0 aromatic heterocycles. The molecule has 0 saturated carbocycles. The van der Waals surface area contributed by atoms with E-state index < -0.39 is 48.9 Å². The zero-order chi connectivity index (χ0) is 41.2. The summed E-state index contributed by atoms with van der Waals surface area (Å²) < 4.78 is 24.6. The van der Waals surface area contributed by atoms with E-state index in [0.29, 0.717) is 32.2 Å². The molecule has 2 N–H and O–H groups in total. The number of esters is 2. The molecule has 57 heavy (non-hydrogen) atoms. The van der Waals surface area contributed by atoms with E-state index in [2.05, 4.69) is 27.0 Å². The topological polar surface area (TPSA) is 146 Å². The third kappa shape index (κ3) is 16.9. The van der Waals surface area contributed by atoms with Crippen molar-refractivity contribution in [2.45, 2.75) is 66.3 Å². The molecule has 2 heterocycles. The second-order valence-corrected chi connectivity index (χ2v) is 21.9. The van der Waals surface area contributed by atoms with E-state index in [4.69, 9.17) is 29.2 Å². The first-order chi connectivity index (χ1) is 27.3. The van der Waals surface area contributed by atoms with Crippen LogP contribution in [0.15, 0.2) is 72.8 Å². The number of aliphatic carboxylic acids is 2. The zero-order valence-corrected chi connectivity index (χ0v) is 37.3. The van der Waals surface area contributed by atoms with Gasteiger partial charge in [0.1, 0.15) is 36.9 Å². The van der Waals surface area contributed by atoms with Crippen LogP contribution in [0.4, 0.5) is 0 Å². The minimum atomic E-state index is -1.14. The Morgan fingerprint density at radius 1 is 0.667 bits per heavy atom. The molecule has 312 valence electrons. The summed E-state index contributed by atoms with van der Waals surface area (Å²) >= 11 is 11.3. The van der Waals surface area contributed by atoms with Crippen LogP contribution in [0.1, 0.15) is 50.7 Å². The van der Waals surface area contributed by atoms with Gasteiger partial charge >= 0.3 is 23.9 Å². The SMILES string of the molecule is C=C(CC(=O)O)C(=O)OC(COc1ccc(C(C)(C)c2ccc(OCC(CSCCC3SCCS3)OC(=O)C(=C)CC(=O)O)cc2)cc1)CSCCC1SCCS1. The largest absolute Gasteiger partial charge is 0.490 e. The minimum absolute atomic E-state index is 0.105. The molecule has 2 aromatic rings. The number of ether oxygens (including phenoxy) is 4. The summed E-state index contributed by atoms with van der Waals surface area (Å²) in [5.74, 6) is 5.08. The Hall–Kier alpha value is -2.50. The number of hydrogen-bond donors (Lipinski definition) is 2. The summed E-state index contributed by atoms with van der Waals surface area (Å²) in [5, 5.41) is 18.1. The Kier molecular flexibility index (Phi) is 20.3. The van der Waals surface area contributed by atoms with Crippen LogP contribution in [0.25, 0.3) is 0 Å². The summed E-state index contributed by atoms with van der Waals surface area (Å²) in [7, 11) is 0. The molecule has 0 spiro atoms. The molecule has 10 nitrogen and oxygen atoms in total. The third-order valence-corrected chi connectivity index (χ3v) is 17.5. The van der Waals surface area contributed by atoms with Gasteiger partial charge in [0, 0.05) is 51.1 Å². The van der Waals surface area contributed by atoms with Crippen molar-refractivity contribution in [3.63, 3.8) is 0 Å². The van der Waals surface area contributed by atoms with Crippen LogP contribution < -0.4 is 9.47 Å². The van der Waals surface area contributed by atoms with Gasteiger partial charge in [0.2, 0.25) is 0 Å². The Morgan fingerprint density at radius 3 is 1.35 bits per heavy atom. The van der Waals surface area contributed by atoms with E-state index in [1.54, 1.807) is 23.5 Å². The Balaban J connectivity index is 1.31. The average Bonchev–Trinajstić information content (AvgIpc) is 3.91. The highest BCUT2D eigenvalue weighted by molar-refractivity contribution is 8.20. The van der Waals surface area contributed by atoms with E-state index in [9.17, 15) is 19.2 Å². The minimum Gasteiger partial charge on any atom is -0.490 e. The van der Waals surface area contributed by atoms with Gasteiger partial charge < -0.3 is 29.2 Å². The molecule has 2 aliphatic heterocycles. The Bertz CT molecular complexity index is 1520. The van der Waals surface area contributed by atoms with Gasteiger partial charge in [-0.25, -0.2) is 9.59 Å². The molecule has 0 radical (unpaired) electrons. The van der Waals surface area contributed by atoms with Crippen molar-refractivity contribution in [2.75, 3.05) is 59.2 Å². The van der Waals surface area contributed by atoms with E-state index in [1.807, 2.05) is 95.6 Å². The highest BCUT2D eigenvalue weighted by Crippen LogP contribution is 2.37. The van der Waals surface area contributed by atoms with Crippen LogP contribution in [0.5, 0.6) is 11.5 Å². The standard InChI is InChI=1S/C41H52O10S6/c1-27(21-35(42)43)39(46)50-33(25-52-15-13-37-54-17-18-55-37)23-48-31-9-5-29(6-10-31)41(3,4)30-7-11-32(12-8-30)49-24-34(51-40(47)28(2)22-36(44)45)26-53-16-14-38-56-19-20-57-38/h5-12,33-34,37-38H,1-2,13-26H2,3-4H3,(H,42,43)(H,44,45). The molecule has 2 aromatic carbocycles. The molecule has 16 heteroatoms. The fourth-order valence-corrected chi connectivity index (χ4v) is 13.9. The van der Waals surface area contributed by atoms with Gasteiger partial charge in [0.15, 0.2) is 0 Å². The van der Waals surface area contributed by atoms with Crippen LogP contribution in [0.3, 0.4) is 0 Å². The van der Waals surface area contributed by atoms with Crippen molar-refractivity contribution in [2.24, 2.45) is 0 Å². The fourth-order valence-electron chi connectivity index (χ4n) is 5.63. The lowest BCUT2D eigenvalue weighted by Gasteiger charge is -2.27. The average molecular weight is 897 g/mol. The molecule has 0 bridgehead atoms. The van der Waals surface area contributed by atoms with Crippen LogP contribution in [0.2, 0.25) is 0 Å². The number of thioether (sulfide) groups is 6. The van der Waals surface area contributed by atoms with E-state index in [0.717, 1.165) is 35.5 Å². The van der Waals surface area contributed by atoms with Gasteiger partial charge in [-0.15, -0.1) is 47.0 Å². The van der Waals surface area contributed by atoms with Crippen molar-refractivity contribution in [3.05, 3.63) is 84.0 Å². The van der Waals surface area contributed by atoms with Crippen molar-refractivity contribution >= 4 is 94.4 Å². The molecular weight excluding hydrogens is 845 g/mol. The smallest absolute Gasteiger partial charge is 0.334 e. The maximum absolute atomic E-state index is 12.6. The highest BCUT2D eigenvalue weighted by Gasteiger charge is 2.25. The number of carboxylic acids is 2. The van der Waals surface area contributed by atoms with Gasteiger partial charge in [-0.05, 0) is 59.7 Å². The summed E-state index contributed by atoms with van der Waals surface area (Å²) in [6, 6.07) is 15.5. The summed E-state index contributed by atoms with van der Waals surface area (Å²) in [6.07, 6.45) is 0.00705. The predicted molar refractivity (Wildman–Crippen MR) is 240 cm³/mol. The number of benzene rings is 2.